The summed E-state index contributed by atoms with van der Waals surface area (Å²) in [6.45, 7) is 5.73. The number of benzene rings is 1. The van der Waals surface area contributed by atoms with Gasteiger partial charge < -0.3 is 10.1 Å². The molecule has 1 saturated heterocycles. The molecule has 1 aliphatic rings. The molecule has 1 heterocycles. The number of sulfonamides is 1. The molecule has 6 heteroatoms. The van der Waals surface area contributed by atoms with Crippen LogP contribution in [0.2, 0.25) is 0 Å². The van der Waals surface area contributed by atoms with E-state index in [1.54, 1.807) is 12.1 Å². The number of morpholine rings is 1. The van der Waals surface area contributed by atoms with Crippen LogP contribution in [0.3, 0.4) is 0 Å². The average molecular weight is 298 g/mol. The second kappa shape index (κ2) is 6.22. The van der Waals surface area contributed by atoms with Crippen molar-refractivity contribution >= 4 is 10.0 Å². The van der Waals surface area contributed by atoms with Crippen LogP contribution in [0.15, 0.2) is 23.1 Å². The SMILES string of the molecule is CNCC1CN(S(=O)(=O)c2cc(C)cc(C)c2)CCO1. The van der Waals surface area contributed by atoms with Gasteiger partial charge in [-0.1, -0.05) is 6.07 Å². The first kappa shape index (κ1) is 15.4. The molecule has 112 valence electrons. The number of likely N-dealkylation sites (N-methyl/N-ethyl adjacent to an activating group) is 1. The van der Waals surface area contributed by atoms with Crippen molar-refractivity contribution in [2.24, 2.45) is 0 Å². The van der Waals surface area contributed by atoms with Gasteiger partial charge in [0, 0.05) is 19.6 Å². The quantitative estimate of drug-likeness (QED) is 0.898. The molecular formula is C14H22N2O3S. The van der Waals surface area contributed by atoms with Gasteiger partial charge in [-0.2, -0.15) is 4.31 Å². The Hall–Kier alpha value is -0.950. The summed E-state index contributed by atoms with van der Waals surface area (Å²) in [5.41, 5.74) is 1.92. The van der Waals surface area contributed by atoms with Gasteiger partial charge in [0.05, 0.1) is 17.6 Å². The maximum atomic E-state index is 12.7. The van der Waals surface area contributed by atoms with E-state index >= 15 is 0 Å². The van der Waals surface area contributed by atoms with E-state index in [0.29, 0.717) is 31.1 Å². The Morgan fingerprint density at radius 2 is 1.95 bits per heavy atom. The highest BCUT2D eigenvalue weighted by Gasteiger charge is 2.30. The minimum Gasteiger partial charge on any atom is -0.374 e. The van der Waals surface area contributed by atoms with Gasteiger partial charge in [-0.15, -0.1) is 0 Å². The van der Waals surface area contributed by atoms with Crippen molar-refractivity contribution in [3.63, 3.8) is 0 Å². The lowest BCUT2D eigenvalue weighted by atomic mass is 10.2. The Labute approximate surface area is 121 Å². The lowest BCUT2D eigenvalue weighted by molar-refractivity contribution is 0.000823. The Kier molecular flexibility index (Phi) is 4.80. The molecule has 0 radical (unpaired) electrons. The number of hydrogen-bond acceptors (Lipinski definition) is 4. The van der Waals surface area contributed by atoms with Gasteiger partial charge in [-0.3, -0.25) is 0 Å². The third-order valence-corrected chi connectivity index (χ3v) is 5.21. The average Bonchev–Trinajstić information content (AvgIpc) is 2.38. The van der Waals surface area contributed by atoms with Gasteiger partial charge in [0.25, 0.3) is 0 Å². The fourth-order valence-corrected chi connectivity index (χ4v) is 4.14. The molecular weight excluding hydrogens is 276 g/mol. The minimum absolute atomic E-state index is 0.0885. The topological polar surface area (TPSA) is 58.6 Å². The van der Waals surface area contributed by atoms with Crippen LogP contribution in [-0.4, -0.2) is 52.1 Å². The van der Waals surface area contributed by atoms with Crippen molar-refractivity contribution in [2.45, 2.75) is 24.8 Å². The summed E-state index contributed by atoms with van der Waals surface area (Å²) in [7, 11) is -1.60. The van der Waals surface area contributed by atoms with E-state index in [0.717, 1.165) is 11.1 Å². The van der Waals surface area contributed by atoms with Gasteiger partial charge in [0.15, 0.2) is 0 Å². The van der Waals surface area contributed by atoms with E-state index in [1.807, 2.05) is 27.0 Å². The lowest BCUT2D eigenvalue weighted by Gasteiger charge is -2.32. The zero-order valence-electron chi connectivity index (χ0n) is 12.2. The Morgan fingerprint density at radius 3 is 2.55 bits per heavy atom. The summed E-state index contributed by atoms with van der Waals surface area (Å²) in [4.78, 5) is 0.375. The summed E-state index contributed by atoms with van der Waals surface area (Å²) >= 11 is 0. The van der Waals surface area contributed by atoms with Gasteiger partial charge in [-0.05, 0) is 44.2 Å². The highest BCUT2D eigenvalue weighted by Crippen LogP contribution is 2.21. The van der Waals surface area contributed by atoms with Crippen molar-refractivity contribution in [1.29, 1.82) is 0 Å². The second-order valence-electron chi connectivity index (χ2n) is 5.24. The Bertz CT molecular complexity index is 550. The first-order valence-electron chi connectivity index (χ1n) is 6.78. The minimum atomic E-state index is -3.43. The molecule has 1 unspecified atom stereocenters. The molecule has 0 amide bonds. The van der Waals surface area contributed by atoms with Crippen molar-refractivity contribution < 1.29 is 13.2 Å². The Morgan fingerprint density at radius 1 is 1.30 bits per heavy atom. The molecule has 1 aliphatic heterocycles. The van der Waals surface area contributed by atoms with E-state index in [4.69, 9.17) is 4.74 Å². The summed E-state index contributed by atoms with van der Waals surface area (Å²) < 4.78 is 32.5. The molecule has 1 aromatic rings. The van der Waals surface area contributed by atoms with Crippen LogP contribution in [0.25, 0.3) is 0 Å². The van der Waals surface area contributed by atoms with Crippen LogP contribution >= 0.6 is 0 Å². The maximum Gasteiger partial charge on any atom is 0.243 e. The molecule has 20 heavy (non-hydrogen) atoms. The highest BCUT2D eigenvalue weighted by atomic mass is 32.2. The molecule has 1 aromatic carbocycles. The monoisotopic (exact) mass is 298 g/mol. The van der Waals surface area contributed by atoms with E-state index in [1.165, 1.54) is 4.31 Å². The van der Waals surface area contributed by atoms with Gasteiger partial charge in [0.2, 0.25) is 10.0 Å². The number of hydrogen-bond donors (Lipinski definition) is 1. The van der Waals surface area contributed by atoms with E-state index in [2.05, 4.69) is 5.32 Å². The zero-order chi connectivity index (χ0) is 14.8. The van der Waals surface area contributed by atoms with Gasteiger partial charge in [0.1, 0.15) is 0 Å². The highest BCUT2D eigenvalue weighted by molar-refractivity contribution is 7.89. The number of aryl methyl sites for hydroxylation is 2. The Balaban J connectivity index is 2.25. The maximum absolute atomic E-state index is 12.7. The van der Waals surface area contributed by atoms with Crippen LogP contribution in [0.5, 0.6) is 0 Å². The molecule has 0 spiro atoms. The van der Waals surface area contributed by atoms with E-state index in [-0.39, 0.29) is 6.10 Å². The number of nitrogens with zero attached hydrogens (tertiary/aromatic N) is 1. The molecule has 0 bridgehead atoms. The third-order valence-electron chi connectivity index (χ3n) is 3.37. The lowest BCUT2D eigenvalue weighted by Crippen LogP contribution is -2.48. The standard InChI is InChI=1S/C14H22N2O3S/c1-11-6-12(2)8-14(7-11)20(17,18)16-4-5-19-13(10-16)9-15-3/h6-8,13,15H,4-5,9-10H2,1-3H3. The number of rotatable bonds is 4. The van der Waals surface area contributed by atoms with Gasteiger partial charge >= 0.3 is 0 Å². The van der Waals surface area contributed by atoms with Crippen molar-refractivity contribution in [2.75, 3.05) is 33.3 Å². The molecule has 0 aliphatic carbocycles. The van der Waals surface area contributed by atoms with Crippen molar-refractivity contribution in [3.8, 4) is 0 Å². The molecule has 2 rings (SSSR count). The fraction of sp³-hybridized carbons (Fsp3) is 0.571. The summed E-state index contributed by atoms with van der Waals surface area (Å²) in [6.07, 6.45) is -0.0885. The van der Waals surface area contributed by atoms with Crippen LogP contribution in [0.1, 0.15) is 11.1 Å². The molecule has 1 atom stereocenters. The molecule has 0 saturated carbocycles. The normalized spacial score (nSPS) is 21.1. The van der Waals surface area contributed by atoms with E-state index in [9.17, 15) is 8.42 Å². The largest absolute Gasteiger partial charge is 0.374 e. The number of ether oxygens (including phenoxy) is 1. The second-order valence-corrected chi connectivity index (χ2v) is 7.17. The molecule has 1 fully saturated rings. The zero-order valence-corrected chi connectivity index (χ0v) is 13.0. The first-order chi connectivity index (χ1) is 9.43. The molecule has 1 N–H and O–H groups in total. The van der Waals surface area contributed by atoms with Crippen LogP contribution < -0.4 is 5.32 Å². The van der Waals surface area contributed by atoms with Crippen molar-refractivity contribution in [3.05, 3.63) is 29.3 Å². The third kappa shape index (κ3) is 3.38. The van der Waals surface area contributed by atoms with Crippen LogP contribution in [-0.2, 0) is 14.8 Å². The first-order valence-corrected chi connectivity index (χ1v) is 8.22. The van der Waals surface area contributed by atoms with Crippen molar-refractivity contribution in [1.82, 2.24) is 9.62 Å². The predicted octanol–water partition coefficient (Wildman–Crippen LogP) is 0.912. The van der Waals surface area contributed by atoms with E-state index < -0.39 is 10.0 Å². The predicted molar refractivity (Wildman–Crippen MR) is 78.3 cm³/mol. The molecule has 5 nitrogen and oxygen atoms in total. The van der Waals surface area contributed by atoms with Crippen LogP contribution in [0.4, 0.5) is 0 Å². The summed E-state index contributed by atoms with van der Waals surface area (Å²) in [5.74, 6) is 0. The smallest absolute Gasteiger partial charge is 0.243 e. The molecule has 0 aromatic heterocycles. The summed E-state index contributed by atoms with van der Waals surface area (Å²) in [5, 5.41) is 3.02. The van der Waals surface area contributed by atoms with Gasteiger partial charge in [-0.25, -0.2) is 8.42 Å². The summed E-state index contributed by atoms with van der Waals surface area (Å²) in [6, 6.07) is 5.43. The fourth-order valence-electron chi connectivity index (χ4n) is 2.49. The number of nitrogens with one attached hydrogen (secondary N) is 1. The van der Waals surface area contributed by atoms with Crippen LogP contribution in [0, 0.1) is 13.8 Å².